The summed E-state index contributed by atoms with van der Waals surface area (Å²) in [5.74, 6) is -2.39. The summed E-state index contributed by atoms with van der Waals surface area (Å²) in [5.41, 5.74) is 1.39. The van der Waals surface area contributed by atoms with Crippen molar-refractivity contribution in [3.63, 3.8) is 0 Å². The van der Waals surface area contributed by atoms with Crippen LogP contribution in [0.25, 0.3) is 0 Å². The molecular weight excluding hydrogens is 459 g/mol. The third-order valence-electron chi connectivity index (χ3n) is 6.28. The molecule has 2 aromatic rings. The normalized spacial score (nSPS) is 14.9. The number of carbonyl (C=O) groups is 3. The highest BCUT2D eigenvalue weighted by Crippen LogP contribution is 2.49. The van der Waals surface area contributed by atoms with Crippen molar-refractivity contribution in [3.8, 4) is 11.5 Å². The van der Waals surface area contributed by atoms with Crippen LogP contribution in [0, 0.1) is 0 Å². The molecule has 34 heavy (non-hydrogen) atoms. The molecule has 0 heterocycles. The van der Waals surface area contributed by atoms with Gasteiger partial charge >= 0.3 is 7.60 Å². The molecule has 0 amide bonds. The number of carbonyl (C=O) groups excluding carboxylic acids is 3. The van der Waals surface area contributed by atoms with Crippen LogP contribution in [0.2, 0.25) is 0 Å². The molecule has 0 radical (unpaired) electrons. The van der Waals surface area contributed by atoms with E-state index >= 15 is 0 Å². The molecule has 2 aliphatic carbocycles. The van der Waals surface area contributed by atoms with Gasteiger partial charge in [-0.3, -0.25) is 18.9 Å². The Morgan fingerprint density at radius 1 is 0.882 bits per heavy atom. The van der Waals surface area contributed by atoms with Gasteiger partial charge in [-0.05, 0) is 62.8 Å². The second kappa shape index (κ2) is 9.10. The highest BCUT2D eigenvalue weighted by atomic mass is 31.2. The van der Waals surface area contributed by atoms with Gasteiger partial charge in [0.15, 0.2) is 28.8 Å². The number of hydrogen-bond donors (Lipinski definition) is 2. The number of hydrogen-bond acceptors (Lipinski definition) is 6. The van der Waals surface area contributed by atoms with Gasteiger partial charge in [-0.25, -0.2) is 0 Å². The number of Topliss-reactive ketones (excluding diaryl/α,β-unsaturated/α-hetero) is 1. The van der Waals surface area contributed by atoms with Gasteiger partial charge in [-0.1, -0.05) is 6.92 Å². The third kappa shape index (κ3) is 3.80. The standard InChI is InChI=1S/C25H27O8P/c1-4-17(26)18-19-20(23(32-5-2)24(33-6-3)25(18)34(29,30)31)22(28)16-12-14-10-8-7-9-13(14)11-15(16)21(19)27/h11-12H,4-10H2,1-3H3,(H2,29,30,31). The van der Waals surface area contributed by atoms with Crippen LogP contribution in [0.3, 0.4) is 0 Å². The van der Waals surface area contributed by atoms with Crippen LogP contribution >= 0.6 is 7.60 Å². The lowest BCUT2D eigenvalue weighted by molar-refractivity contribution is 0.0956. The highest BCUT2D eigenvalue weighted by Gasteiger charge is 2.44. The van der Waals surface area contributed by atoms with Crippen LogP contribution in [0.4, 0.5) is 0 Å². The lowest BCUT2D eigenvalue weighted by Crippen LogP contribution is -2.32. The van der Waals surface area contributed by atoms with E-state index in [9.17, 15) is 28.7 Å². The molecule has 2 N–H and O–H groups in total. The predicted octanol–water partition coefficient (Wildman–Crippen LogP) is 3.53. The fraction of sp³-hybridized carbons (Fsp3) is 0.400. The molecule has 0 saturated heterocycles. The van der Waals surface area contributed by atoms with Crippen molar-refractivity contribution >= 4 is 30.3 Å². The summed E-state index contributed by atoms with van der Waals surface area (Å²) in [6.07, 6.45) is 3.41. The van der Waals surface area contributed by atoms with E-state index in [1.54, 1.807) is 26.0 Å². The first-order valence-electron chi connectivity index (χ1n) is 11.5. The molecule has 2 aliphatic rings. The average molecular weight is 486 g/mol. The molecule has 180 valence electrons. The minimum Gasteiger partial charge on any atom is -0.489 e. The van der Waals surface area contributed by atoms with E-state index in [0.29, 0.717) is 0 Å². The number of ketones is 3. The van der Waals surface area contributed by atoms with E-state index in [4.69, 9.17) is 9.47 Å². The summed E-state index contributed by atoms with van der Waals surface area (Å²) in [4.78, 5) is 61.2. The van der Waals surface area contributed by atoms with Crippen molar-refractivity contribution in [2.75, 3.05) is 13.2 Å². The molecule has 4 rings (SSSR count). The van der Waals surface area contributed by atoms with E-state index in [1.807, 2.05) is 0 Å². The van der Waals surface area contributed by atoms with Crippen LogP contribution < -0.4 is 14.8 Å². The van der Waals surface area contributed by atoms with Crippen LogP contribution in [-0.2, 0) is 17.4 Å². The number of fused-ring (bicyclic) bond motifs is 3. The minimum absolute atomic E-state index is 0.00213. The lowest BCUT2D eigenvalue weighted by Gasteiger charge is -2.28. The molecule has 0 saturated carbocycles. The smallest absolute Gasteiger partial charge is 0.360 e. The van der Waals surface area contributed by atoms with Crippen LogP contribution in [0.15, 0.2) is 12.1 Å². The summed E-state index contributed by atoms with van der Waals surface area (Å²) in [6.45, 7) is 4.82. The fourth-order valence-electron chi connectivity index (χ4n) is 4.85. The maximum atomic E-state index is 13.8. The molecule has 0 aromatic heterocycles. The Bertz CT molecular complexity index is 1270. The van der Waals surface area contributed by atoms with E-state index < -0.39 is 35.8 Å². The maximum absolute atomic E-state index is 13.8. The first-order valence-corrected chi connectivity index (χ1v) is 13.1. The summed E-state index contributed by atoms with van der Waals surface area (Å²) in [5, 5.41) is -0.703. The molecule has 0 bridgehead atoms. The Morgan fingerprint density at radius 3 is 1.85 bits per heavy atom. The van der Waals surface area contributed by atoms with Crippen molar-refractivity contribution in [2.24, 2.45) is 0 Å². The Kier molecular flexibility index (Phi) is 6.51. The Morgan fingerprint density at radius 2 is 1.38 bits per heavy atom. The Balaban J connectivity index is 2.16. The zero-order valence-electron chi connectivity index (χ0n) is 19.4. The van der Waals surface area contributed by atoms with Gasteiger partial charge in [-0.2, -0.15) is 0 Å². The molecule has 2 aromatic carbocycles. The summed E-state index contributed by atoms with van der Waals surface area (Å²) in [7, 11) is -5.13. The lowest BCUT2D eigenvalue weighted by atomic mass is 9.77. The molecule has 8 nitrogen and oxygen atoms in total. The number of ether oxygens (including phenoxy) is 2. The highest BCUT2D eigenvalue weighted by molar-refractivity contribution is 7.60. The van der Waals surface area contributed by atoms with Crippen LogP contribution in [0.1, 0.15) is 93.4 Å². The summed E-state index contributed by atoms with van der Waals surface area (Å²) >= 11 is 0. The van der Waals surface area contributed by atoms with Crippen LogP contribution in [0.5, 0.6) is 11.5 Å². The summed E-state index contributed by atoms with van der Waals surface area (Å²) in [6, 6.07) is 3.43. The monoisotopic (exact) mass is 486 g/mol. The Labute approximate surface area is 197 Å². The van der Waals surface area contributed by atoms with Gasteiger partial charge in [0.05, 0.1) is 18.8 Å². The largest absolute Gasteiger partial charge is 0.489 e. The van der Waals surface area contributed by atoms with Crippen molar-refractivity contribution < 1.29 is 38.2 Å². The molecular formula is C25H27O8P. The fourth-order valence-corrected chi connectivity index (χ4v) is 5.81. The topological polar surface area (TPSA) is 127 Å². The minimum atomic E-state index is -5.13. The molecule has 0 aliphatic heterocycles. The number of rotatable bonds is 7. The van der Waals surface area contributed by atoms with Gasteiger partial charge < -0.3 is 19.3 Å². The summed E-state index contributed by atoms with van der Waals surface area (Å²) < 4.78 is 23.9. The quantitative estimate of drug-likeness (QED) is 0.384. The maximum Gasteiger partial charge on any atom is 0.360 e. The van der Waals surface area contributed by atoms with Crippen molar-refractivity contribution in [1.82, 2.24) is 0 Å². The SMILES string of the molecule is CCOc1c(OCC)c(P(=O)(O)O)c(C(=O)CC)c2c1C(=O)c1cc3c(cc1C2=O)CCCC3. The van der Waals surface area contributed by atoms with E-state index in [2.05, 4.69) is 0 Å². The van der Waals surface area contributed by atoms with Crippen molar-refractivity contribution in [2.45, 2.75) is 52.9 Å². The Hall–Kier alpha value is -2.80. The first-order chi connectivity index (χ1) is 16.1. The molecule has 0 spiro atoms. The second-order valence-electron chi connectivity index (χ2n) is 8.35. The van der Waals surface area contributed by atoms with Gasteiger partial charge in [0.25, 0.3) is 0 Å². The predicted molar refractivity (Wildman–Crippen MR) is 125 cm³/mol. The van der Waals surface area contributed by atoms with E-state index in [-0.39, 0.29) is 53.4 Å². The van der Waals surface area contributed by atoms with Gasteiger partial charge in [-0.15, -0.1) is 0 Å². The number of aryl methyl sites for hydroxylation is 2. The molecule has 0 fully saturated rings. The second-order valence-corrected chi connectivity index (χ2v) is 9.89. The van der Waals surface area contributed by atoms with E-state index in [0.717, 1.165) is 36.8 Å². The van der Waals surface area contributed by atoms with Gasteiger partial charge in [0.1, 0.15) is 5.30 Å². The first kappa shape index (κ1) is 24.3. The third-order valence-corrected chi connectivity index (χ3v) is 7.29. The van der Waals surface area contributed by atoms with E-state index in [1.165, 1.54) is 6.92 Å². The molecule has 0 unspecified atom stereocenters. The van der Waals surface area contributed by atoms with Crippen molar-refractivity contribution in [1.29, 1.82) is 0 Å². The number of benzene rings is 2. The van der Waals surface area contributed by atoms with Gasteiger partial charge in [0.2, 0.25) is 0 Å². The van der Waals surface area contributed by atoms with Gasteiger partial charge in [0, 0.05) is 28.7 Å². The zero-order valence-corrected chi connectivity index (χ0v) is 20.3. The van der Waals surface area contributed by atoms with Crippen LogP contribution in [-0.4, -0.2) is 40.4 Å². The molecule has 0 atom stereocenters. The van der Waals surface area contributed by atoms with Crippen molar-refractivity contribution in [3.05, 3.63) is 51.1 Å². The average Bonchev–Trinajstić information content (AvgIpc) is 2.81. The zero-order chi connectivity index (χ0) is 24.8. The molecule has 9 heteroatoms.